The maximum absolute atomic E-state index is 12.6. The van der Waals surface area contributed by atoms with Gasteiger partial charge in [0.1, 0.15) is 5.65 Å². The molecule has 1 fully saturated rings. The molecule has 0 spiro atoms. The fourth-order valence-corrected chi connectivity index (χ4v) is 3.62. The van der Waals surface area contributed by atoms with Gasteiger partial charge in [-0.15, -0.1) is 0 Å². The lowest BCUT2D eigenvalue weighted by Gasteiger charge is -2.16. The third-order valence-corrected chi connectivity index (χ3v) is 4.94. The van der Waals surface area contributed by atoms with Gasteiger partial charge in [0.25, 0.3) is 6.43 Å². The van der Waals surface area contributed by atoms with Crippen LogP contribution in [0.1, 0.15) is 25.1 Å². The van der Waals surface area contributed by atoms with Crippen LogP contribution in [0.15, 0.2) is 18.5 Å². The molecule has 0 amide bonds. The number of aromatic nitrogens is 5. The van der Waals surface area contributed by atoms with Gasteiger partial charge in [0.2, 0.25) is 11.8 Å². The van der Waals surface area contributed by atoms with Crippen molar-refractivity contribution >= 4 is 22.7 Å². The molecule has 2 N–H and O–H groups in total. The third kappa shape index (κ3) is 3.64. The van der Waals surface area contributed by atoms with Crippen LogP contribution in [0.3, 0.4) is 0 Å². The van der Waals surface area contributed by atoms with Gasteiger partial charge >= 0.3 is 0 Å². The van der Waals surface area contributed by atoms with Crippen LogP contribution in [0.2, 0.25) is 0 Å². The number of halogens is 2. The average molecular weight is 391 g/mol. The SMILES string of the molecule is CCOc1nc(Nc2cnn([C@@H]3CCN(CC(F)F)C3)c2C)nc2[nH]ccc12. The van der Waals surface area contributed by atoms with Crippen LogP contribution in [0.5, 0.6) is 5.88 Å². The van der Waals surface area contributed by atoms with E-state index in [1.54, 1.807) is 17.3 Å². The lowest BCUT2D eigenvalue weighted by molar-refractivity contribution is 0.0978. The number of alkyl halides is 2. The van der Waals surface area contributed by atoms with Crippen molar-refractivity contribution in [3.8, 4) is 5.88 Å². The van der Waals surface area contributed by atoms with E-state index in [4.69, 9.17) is 4.74 Å². The highest BCUT2D eigenvalue weighted by Crippen LogP contribution is 2.29. The first kappa shape index (κ1) is 18.6. The quantitative estimate of drug-likeness (QED) is 0.644. The van der Waals surface area contributed by atoms with E-state index in [2.05, 4.69) is 25.4 Å². The second-order valence-electron chi connectivity index (χ2n) is 6.83. The molecule has 1 aliphatic rings. The number of hydrogen-bond acceptors (Lipinski definition) is 6. The van der Waals surface area contributed by atoms with Gasteiger partial charge < -0.3 is 15.0 Å². The van der Waals surface area contributed by atoms with Gasteiger partial charge in [0.15, 0.2) is 0 Å². The molecule has 1 atom stereocenters. The van der Waals surface area contributed by atoms with E-state index in [9.17, 15) is 8.78 Å². The van der Waals surface area contributed by atoms with Crippen LogP contribution in [-0.4, -0.2) is 62.3 Å². The molecule has 0 aromatic carbocycles. The number of likely N-dealkylation sites (tertiary alicyclic amines) is 1. The molecule has 0 unspecified atom stereocenters. The van der Waals surface area contributed by atoms with Gasteiger partial charge in [-0.05, 0) is 26.3 Å². The Kier molecular flexibility index (Phi) is 5.12. The van der Waals surface area contributed by atoms with Crippen molar-refractivity contribution < 1.29 is 13.5 Å². The molecule has 1 aliphatic heterocycles. The maximum atomic E-state index is 12.6. The number of ether oxygens (including phenoxy) is 1. The highest BCUT2D eigenvalue weighted by Gasteiger charge is 2.27. The number of fused-ring (bicyclic) bond motifs is 1. The summed E-state index contributed by atoms with van der Waals surface area (Å²) >= 11 is 0. The van der Waals surface area contributed by atoms with Gasteiger partial charge in [-0.25, -0.2) is 8.78 Å². The topological polar surface area (TPSA) is 83.9 Å². The summed E-state index contributed by atoms with van der Waals surface area (Å²) < 4.78 is 32.7. The van der Waals surface area contributed by atoms with Crippen LogP contribution >= 0.6 is 0 Å². The summed E-state index contributed by atoms with van der Waals surface area (Å²) in [4.78, 5) is 13.8. The van der Waals surface area contributed by atoms with E-state index in [1.807, 2.05) is 24.6 Å². The molecule has 3 aromatic rings. The minimum Gasteiger partial charge on any atom is -0.477 e. The lowest BCUT2D eigenvalue weighted by atomic mass is 10.2. The number of anilines is 2. The molecule has 8 nitrogen and oxygen atoms in total. The van der Waals surface area contributed by atoms with Gasteiger partial charge in [0.05, 0.1) is 42.2 Å². The number of nitrogens with zero attached hydrogens (tertiary/aromatic N) is 5. The van der Waals surface area contributed by atoms with Gasteiger partial charge in [0, 0.05) is 19.3 Å². The molecule has 3 aromatic heterocycles. The summed E-state index contributed by atoms with van der Waals surface area (Å²) in [5.74, 6) is 0.923. The third-order valence-electron chi connectivity index (χ3n) is 4.94. The van der Waals surface area contributed by atoms with Crippen molar-refractivity contribution in [3.05, 3.63) is 24.2 Å². The molecule has 1 saturated heterocycles. The first-order valence-corrected chi connectivity index (χ1v) is 9.34. The Morgan fingerprint density at radius 1 is 1.39 bits per heavy atom. The molecule has 0 bridgehead atoms. The van der Waals surface area contributed by atoms with Crippen LogP contribution < -0.4 is 10.1 Å². The van der Waals surface area contributed by atoms with Crippen molar-refractivity contribution in [2.24, 2.45) is 0 Å². The van der Waals surface area contributed by atoms with Gasteiger partial charge in [-0.1, -0.05) is 0 Å². The van der Waals surface area contributed by atoms with Crippen LogP contribution in [0.25, 0.3) is 11.0 Å². The van der Waals surface area contributed by atoms with E-state index < -0.39 is 6.43 Å². The second-order valence-corrected chi connectivity index (χ2v) is 6.83. The lowest BCUT2D eigenvalue weighted by Crippen LogP contribution is -2.27. The minimum absolute atomic E-state index is 0.0834. The normalized spacial score (nSPS) is 17.7. The number of nitrogens with one attached hydrogen (secondary N) is 2. The molecular formula is C18H23F2N7O. The predicted octanol–water partition coefficient (Wildman–Crippen LogP) is 3.12. The van der Waals surface area contributed by atoms with Crippen molar-refractivity contribution in [2.45, 2.75) is 32.7 Å². The standard InChI is InChI=1S/C18H23F2N7O/c1-3-28-17-13-4-6-21-16(13)24-18(25-17)23-14-8-22-27(11(14)2)12-5-7-26(9-12)10-15(19)20/h4,6,8,12,15H,3,5,7,9-10H2,1-2H3,(H2,21,23,24,25)/t12-/m1/s1. The summed E-state index contributed by atoms with van der Waals surface area (Å²) in [6, 6.07) is 1.96. The maximum Gasteiger partial charge on any atom is 0.251 e. The van der Waals surface area contributed by atoms with Gasteiger partial charge in [-0.2, -0.15) is 15.1 Å². The Balaban J connectivity index is 1.53. The number of hydrogen-bond donors (Lipinski definition) is 2. The molecule has 4 heterocycles. The first-order valence-electron chi connectivity index (χ1n) is 9.34. The van der Waals surface area contributed by atoms with E-state index in [0.717, 1.165) is 23.2 Å². The predicted molar refractivity (Wildman–Crippen MR) is 101 cm³/mol. The van der Waals surface area contributed by atoms with Gasteiger partial charge in [-0.3, -0.25) is 9.58 Å². The largest absolute Gasteiger partial charge is 0.477 e. The first-order chi connectivity index (χ1) is 13.5. The molecule has 0 saturated carbocycles. The van der Waals surface area contributed by atoms with Crippen molar-refractivity contribution in [1.82, 2.24) is 29.6 Å². The molecular weight excluding hydrogens is 368 g/mol. The number of aromatic amines is 1. The van der Waals surface area contributed by atoms with E-state index in [1.165, 1.54) is 0 Å². The molecule has 0 radical (unpaired) electrons. The zero-order chi connectivity index (χ0) is 19.7. The van der Waals surface area contributed by atoms with Crippen LogP contribution in [-0.2, 0) is 0 Å². The average Bonchev–Trinajstić information content (AvgIpc) is 3.36. The summed E-state index contributed by atoms with van der Waals surface area (Å²) in [7, 11) is 0. The Morgan fingerprint density at radius 2 is 2.25 bits per heavy atom. The Hall–Kier alpha value is -2.75. The Bertz CT molecular complexity index is 955. The Labute approximate surface area is 160 Å². The van der Waals surface area contributed by atoms with E-state index >= 15 is 0 Å². The smallest absolute Gasteiger partial charge is 0.251 e. The second kappa shape index (κ2) is 7.70. The zero-order valence-electron chi connectivity index (χ0n) is 15.8. The highest BCUT2D eigenvalue weighted by atomic mass is 19.3. The van der Waals surface area contributed by atoms with Crippen molar-refractivity contribution in [2.75, 3.05) is 31.6 Å². The zero-order valence-corrected chi connectivity index (χ0v) is 15.8. The summed E-state index contributed by atoms with van der Waals surface area (Å²) in [6.07, 6.45) is 2.00. The minimum atomic E-state index is -2.31. The van der Waals surface area contributed by atoms with Crippen molar-refractivity contribution in [1.29, 1.82) is 0 Å². The summed E-state index contributed by atoms with van der Waals surface area (Å²) in [5.41, 5.74) is 2.38. The highest BCUT2D eigenvalue weighted by molar-refractivity contribution is 5.82. The van der Waals surface area contributed by atoms with E-state index in [0.29, 0.717) is 37.2 Å². The number of H-pyrrole nitrogens is 1. The Morgan fingerprint density at radius 3 is 3.04 bits per heavy atom. The monoisotopic (exact) mass is 391 g/mol. The van der Waals surface area contributed by atoms with Crippen LogP contribution in [0, 0.1) is 6.92 Å². The van der Waals surface area contributed by atoms with E-state index in [-0.39, 0.29) is 12.6 Å². The fraction of sp³-hybridized carbons (Fsp3) is 0.500. The summed E-state index contributed by atoms with van der Waals surface area (Å²) in [6.45, 7) is 5.40. The molecule has 28 heavy (non-hydrogen) atoms. The molecule has 4 rings (SSSR count). The fourth-order valence-electron chi connectivity index (χ4n) is 3.62. The summed E-state index contributed by atoms with van der Waals surface area (Å²) in [5, 5.41) is 8.49. The van der Waals surface area contributed by atoms with Crippen LogP contribution in [0.4, 0.5) is 20.4 Å². The molecule has 10 heteroatoms. The molecule has 150 valence electrons. The molecule has 0 aliphatic carbocycles. The van der Waals surface area contributed by atoms with Crippen molar-refractivity contribution in [3.63, 3.8) is 0 Å². The number of rotatable bonds is 7.